The largest absolute Gasteiger partial charge is 0.496 e. The van der Waals surface area contributed by atoms with Crippen LogP contribution in [0.25, 0.3) is 0 Å². The van der Waals surface area contributed by atoms with Crippen LogP contribution in [0.4, 0.5) is 0 Å². The number of rotatable bonds is 4. The van der Waals surface area contributed by atoms with Crippen molar-refractivity contribution in [2.45, 2.75) is 33.7 Å². The summed E-state index contributed by atoms with van der Waals surface area (Å²) in [7, 11) is 3.74. The van der Waals surface area contributed by atoms with Crippen LogP contribution in [0, 0.1) is 27.7 Å². The van der Waals surface area contributed by atoms with Crippen molar-refractivity contribution in [3.05, 3.63) is 63.7 Å². The zero-order valence-corrected chi connectivity index (χ0v) is 13.9. The lowest BCUT2D eigenvalue weighted by Crippen LogP contribution is -2.18. The zero-order valence-electron chi connectivity index (χ0n) is 13.9. The molecule has 112 valence electrons. The molecule has 0 aromatic heterocycles. The predicted octanol–water partition coefficient (Wildman–Crippen LogP) is 4.24. The van der Waals surface area contributed by atoms with Gasteiger partial charge in [0.05, 0.1) is 13.2 Å². The first kappa shape index (κ1) is 15.6. The summed E-state index contributed by atoms with van der Waals surface area (Å²) >= 11 is 0. The summed E-state index contributed by atoms with van der Waals surface area (Å²) in [6.45, 7) is 8.49. The van der Waals surface area contributed by atoms with Gasteiger partial charge in [0.25, 0.3) is 0 Å². The maximum Gasteiger partial charge on any atom is 0.124 e. The maximum absolute atomic E-state index is 5.47. The van der Waals surface area contributed by atoms with Crippen molar-refractivity contribution < 1.29 is 4.74 Å². The molecule has 1 unspecified atom stereocenters. The molecule has 0 saturated carbocycles. The van der Waals surface area contributed by atoms with E-state index in [0.717, 1.165) is 5.75 Å². The number of methoxy groups -OCH3 is 1. The predicted molar refractivity (Wildman–Crippen MR) is 89.3 cm³/mol. The Morgan fingerprint density at radius 1 is 0.810 bits per heavy atom. The molecule has 2 aromatic carbocycles. The Labute approximate surface area is 128 Å². The van der Waals surface area contributed by atoms with Crippen LogP contribution in [-0.2, 0) is 0 Å². The molecule has 0 radical (unpaired) electrons. The van der Waals surface area contributed by atoms with Gasteiger partial charge in [-0.1, -0.05) is 41.5 Å². The second-order valence-corrected chi connectivity index (χ2v) is 5.83. The Kier molecular flexibility index (Phi) is 4.69. The standard InChI is InChI=1S/C19H25NO/c1-12-7-13(2)9-16(8-12)18(20-5)17-10-14(3)19(21-6)15(4)11-17/h7-11,18,20H,1-6H3. The number of benzene rings is 2. The number of nitrogens with one attached hydrogen (secondary N) is 1. The Hall–Kier alpha value is -1.80. The van der Waals surface area contributed by atoms with Crippen molar-refractivity contribution in [1.82, 2.24) is 5.32 Å². The normalized spacial score (nSPS) is 12.3. The molecule has 0 heterocycles. The smallest absolute Gasteiger partial charge is 0.124 e. The Morgan fingerprint density at radius 2 is 1.29 bits per heavy atom. The molecule has 2 nitrogen and oxygen atoms in total. The highest BCUT2D eigenvalue weighted by Crippen LogP contribution is 2.30. The SMILES string of the molecule is CNC(c1cc(C)cc(C)c1)c1cc(C)c(OC)c(C)c1. The van der Waals surface area contributed by atoms with Gasteiger partial charge in [0.2, 0.25) is 0 Å². The molecule has 0 aliphatic rings. The maximum atomic E-state index is 5.47. The van der Waals surface area contributed by atoms with E-state index in [1.807, 2.05) is 7.05 Å². The van der Waals surface area contributed by atoms with E-state index in [1.165, 1.54) is 33.4 Å². The van der Waals surface area contributed by atoms with Crippen LogP contribution in [0.1, 0.15) is 39.4 Å². The van der Waals surface area contributed by atoms with Gasteiger partial charge in [-0.15, -0.1) is 0 Å². The molecule has 0 spiro atoms. The van der Waals surface area contributed by atoms with Crippen LogP contribution in [0.5, 0.6) is 5.75 Å². The van der Waals surface area contributed by atoms with Gasteiger partial charge in [-0.3, -0.25) is 0 Å². The quantitative estimate of drug-likeness (QED) is 0.906. The lowest BCUT2D eigenvalue weighted by Gasteiger charge is -2.21. The minimum Gasteiger partial charge on any atom is -0.496 e. The summed E-state index contributed by atoms with van der Waals surface area (Å²) in [6, 6.07) is 11.3. The van der Waals surface area contributed by atoms with Crippen LogP contribution in [-0.4, -0.2) is 14.2 Å². The fourth-order valence-electron chi connectivity index (χ4n) is 3.17. The summed E-state index contributed by atoms with van der Waals surface area (Å²) in [6.07, 6.45) is 0. The van der Waals surface area contributed by atoms with Gasteiger partial charge in [-0.2, -0.15) is 0 Å². The van der Waals surface area contributed by atoms with Crippen molar-refractivity contribution >= 4 is 0 Å². The van der Waals surface area contributed by atoms with Gasteiger partial charge in [0.15, 0.2) is 0 Å². The first-order valence-electron chi connectivity index (χ1n) is 7.37. The minimum absolute atomic E-state index is 0.201. The van der Waals surface area contributed by atoms with Crippen molar-refractivity contribution in [2.24, 2.45) is 0 Å². The molecule has 0 bridgehead atoms. The van der Waals surface area contributed by atoms with Crippen LogP contribution in [0.3, 0.4) is 0 Å². The minimum atomic E-state index is 0.201. The van der Waals surface area contributed by atoms with Crippen LogP contribution in [0.15, 0.2) is 30.3 Å². The van der Waals surface area contributed by atoms with Crippen LogP contribution >= 0.6 is 0 Å². The van der Waals surface area contributed by atoms with E-state index in [4.69, 9.17) is 4.74 Å². The first-order valence-corrected chi connectivity index (χ1v) is 7.37. The molecule has 21 heavy (non-hydrogen) atoms. The second-order valence-electron chi connectivity index (χ2n) is 5.83. The van der Waals surface area contributed by atoms with Gasteiger partial charge < -0.3 is 10.1 Å². The third kappa shape index (κ3) is 3.27. The van der Waals surface area contributed by atoms with E-state index < -0.39 is 0 Å². The van der Waals surface area contributed by atoms with Gasteiger partial charge in [0, 0.05) is 0 Å². The summed E-state index contributed by atoms with van der Waals surface area (Å²) in [5, 5.41) is 3.44. The van der Waals surface area contributed by atoms with E-state index in [1.54, 1.807) is 7.11 Å². The summed E-state index contributed by atoms with van der Waals surface area (Å²) in [4.78, 5) is 0. The molecule has 1 N–H and O–H groups in total. The number of hydrogen-bond donors (Lipinski definition) is 1. The molecule has 2 rings (SSSR count). The average molecular weight is 283 g/mol. The topological polar surface area (TPSA) is 21.3 Å². The highest BCUT2D eigenvalue weighted by molar-refractivity contribution is 5.47. The van der Waals surface area contributed by atoms with E-state index in [-0.39, 0.29) is 6.04 Å². The fraction of sp³-hybridized carbons (Fsp3) is 0.368. The summed E-state index contributed by atoms with van der Waals surface area (Å²) in [5.74, 6) is 0.981. The fourth-order valence-corrected chi connectivity index (χ4v) is 3.17. The molecule has 0 aliphatic heterocycles. The second kappa shape index (κ2) is 6.31. The van der Waals surface area contributed by atoms with E-state index in [0.29, 0.717) is 0 Å². The van der Waals surface area contributed by atoms with Crippen LogP contribution in [0.2, 0.25) is 0 Å². The molecule has 0 amide bonds. The van der Waals surface area contributed by atoms with Crippen molar-refractivity contribution in [2.75, 3.05) is 14.2 Å². The third-order valence-electron chi connectivity index (χ3n) is 3.89. The average Bonchev–Trinajstić information content (AvgIpc) is 2.38. The zero-order chi connectivity index (χ0) is 15.6. The van der Waals surface area contributed by atoms with E-state index in [2.05, 4.69) is 63.3 Å². The van der Waals surface area contributed by atoms with Crippen LogP contribution < -0.4 is 10.1 Å². The molecule has 1 atom stereocenters. The highest BCUT2D eigenvalue weighted by atomic mass is 16.5. The van der Waals surface area contributed by atoms with Crippen molar-refractivity contribution in [3.63, 3.8) is 0 Å². The third-order valence-corrected chi connectivity index (χ3v) is 3.89. The molecule has 0 aliphatic carbocycles. The Morgan fingerprint density at radius 3 is 1.71 bits per heavy atom. The highest BCUT2D eigenvalue weighted by Gasteiger charge is 2.15. The van der Waals surface area contributed by atoms with E-state index in [9.17, 15) is 0 Å². The summed E-state index contributed by atoms with van der Waals surface area (Å²) in [5.41, 5.74) is 7.53. The molecule has 0 fully saturated rings. The van der Waals surface area contributed by atoms with Crippen molar-refractivity contribution in [3.8, 4) is 5.75 Å². The molecular formula is C19H25NO. The van der Waals surface area contributed by atoms with Gasteiger partial charge in [0.1, 0.15) is 5.75 Å². The van der Waals surface area contributed by atoms with Gasteiger partial charge in [-0.25, -0.2) is 0 Å². The number of hydrogen-bond acceptors (Lipinski definition) is 2. The van der Waals surface area contributed by atoms with Gasteiger partial charge >= 0.3 is 0 Å². The summed E-state index contributed by atoms with van der Waals surface area (Å²) < 4.78 is 5.47. The van der Waals surface area contributed by atoms with Crippen molar-refractivity contribution in [1.29, 1.82) is 0 Å². The Balaban J connectivity index is 2.51. The van der Waals surface area contributed by atoms with Gasteiger partial charge in [-0.05, 0) is 57.0 Å². The first-order chi connectivity index (χ1) is 9.96. The molecule has 0 saturated heterocycles. The Bertz CT molecular complexity index is 603. The lowest BCUT2D eigenvalue weighted by molar-refractivity contribution is 0.408. The molecule has 2 aromatic rings. The lowest BCUT2D eigenvalue weighted by atomic mass is 9.93. The monoisotopic (exact) mass is 283 g/mol. The number of aryl methyl sites for hydroxylation is 4. The number of ether oxygens (including phenoxy) is 1. The van der Waals surface area contributed by atoms with E-state index >= 15 is 0 Å². The molecular weight excluding hydrogens is 258 g/mol. The molecule has 2 heteroatoms.